The van der Waals surface area contributed by atoms with Crippen LogP contribution in [-0.2, 0) is 6.18 Å². The van der Waals surface area contributed by atoms with Crippen molar-refractivity contribution >= 4 is 17.7 Å². The molecule has 3 aromatic heterocycles. The van der Waals surface area contributed by atoms with Crippen LogP contribution in [0.4, 0.5) is 24.9 Å². The Labute approximate surface area is 170 Å². The number of nitrogens with zero attached hydrogens (tertiary/aromatic N) is 5. The molecule has 154 valence electrons. The van der Waals surface area contributed by atoms with E-state index >= 15 is 0 Å². The van der Waals surface area contributed by atoms with Crippen LogP contribution in [0.5, 0.6) is 0 Å². The van der Waals surface area contributed by atoms with Crippen molar-refractivity contribution in [3.05, 3.63) is 71.9 Å². The van der Waals surface area contributed by atoms with Crippen LogP contribution >= 0.6 is 0 Å². The Kier molecular flexibility index (Phi) is 5.30. The summed E-state index contributed by atoms with van der Waals surface area (Å²) in [5.74, 6) is -0.0463. The van der Waals surface area contributed by atoms with Gasteiger partial charge in [-0.25, -0.2) is 15.0 Å². The van der Waals surface area contributed by atoms with Gasteiger partial charge in [-0.3, -0.25) is 9.78 Å². The van der Waals surface area contributed by atoms with Gasteiger partial charge in [-0.15, -0.1) is 0 Å². The number of carbonyl (C=O) groups is 1. The van der Waals surface area contributed by atoms with Crippen molar-refractivity contribution in [3.8, 4) is 0 Å². The van der Waals surface area contributed by atoms with Gasteiger partial charge in [0, 0.05) is 31.3 Å². The Bertz CT molecular complexity index is 1040. The number of hydrogen-bond acceptors (Lipinski definition) is 6. The number of amides is 1. The molecule has 3 aromatic rings. The van der Waals surface area contributed by atoms with E-state index < -0.39 is 11.7 Å². The third-order valence-corrected chi connectivity index (χ3v) is 4.77. The van der Waals surface area contributed by atoms with E-state index in [0.29, 0.717) is 17.8 Å². The van der Waals surface area contributed by atoms with Crippen LogP contribution in [-0.4, -0.2) is 37.3 Å². The molecule has 0 spiro atoms. The van der Waals surface area contributed by atoms with Gasteiger partial charge in [-0.05, 0) is 43.2 Å². The summed E-state index contributed by atoms with van der Waals surface area (Å²) >= 11 is 0. The number of alkyl halides is 3. The van der Waals surface area contributed by atoms with E-state index in [-0.39, 0.29) is 23.7 Å². The average molecular weight is 414 g/mol. The van der Waals surface area contributed by atoms with Gasteiger partial charge in [0.05, 0.1) is 22.9 Å². The zero-order chi connectivity index (χ0) is 21.1. The molecule has 1 aliphatic heterocycles. The van der Waals surface area contributed by atoms with E-state index in [2.05, 4.69) is 25.3 Å². The maximum absolute atomic E-state index is 12.9. The Hall–Kier alpha value is -3.56. The van der Waals surface area contributed by atoms with Gasteiger partial charge in [-0.1, -0.05) is 0 Å². The van der Waals surface area contributed by atoms with Crippen molar-refractivity contribution in [3.63, 3.8) is 0 Å². The molecule has 0 aliphatic carbocycles. The van der Waals surface area contributed by atoms with E-state index in [9.17, 15) is 18.0 Å². The summed E-state index contributed by atoms with van der Waals surface area (Å²) in [5.41, 5.74) is 0.277. The molecule has 30 heavy (non-hydrogen) atoms. The molecule has 1 N–H and O–H groups in total. The lowest BCUT2D eigenvalue weighted by atomic mass is 10.1. The lowest BCUT2D eigenvalue weighted by Crippen LogP contribution is -2.31. The summed E-state index contributed by atoms with van der Waals surface area (Å²) in [6.07, 6.45) is 2.76. The Balaban J connectivity index is 1.55. The highest BCUT2D eigenvalue weighted by Gasteiger charge is 2.32. The third-order valence-electron chi connectivity index (χ3n) is 4.77. The topological polar surface area (TPSA) is 83.9 Å². The number of pyridine rings is 2. The molecule has 0 aromatic carbocycles. The van der Waals surface area contributed by atoms with E-state index in [1.807, 2.05) is 0 Å². The van der Waals surface area contributed by atoms with Crippen molar-refractivity contribution in [2.24, 2.45) is 0 Å². The van der Waals surface area contributed by atoms with E-state index in [0.717, 1.165) is 31.2 Å². The molecule has 1 aliphatic rings. The Morgan fingerprint density at radius 1 is 1.13 bits per heavy atom. The minimum absolute atomic E-state index is 0.0170. The van der Waals surface area contributed by atoms with Crippen LogP contribution in [0.15, 0.2) is 55.1 Å². The number of anilines is 2. The van der Waals surface area contributed by atoms with Crippen LogP contribution in [0, 0.1) is 0 Å². The first-order valence-electron chi connectivity index (χ1n) is 9.26. The first kappa shape index (κ1) is 19.7. The number of aromatic nitrogens is 4. The molecule has 10 heteroatoms. The Morgan fingerprint density at radius 2 is 1.97 bits per heavy atom. The van der Waals surface area contributed by atoms with Crippen molar-refractivity contribution in [2.75, 3.05) is 11.9 Å². The third kappa shape index (κ3) is 4.22. The molecule has 1 atom stereocenters. The molecule has 0 bridgehead atoms. The fourth-order valence-corrected chi connectivity index (χ4v) is 3.38. The first-order valence-corrected chi connectivity index (χ1v) is 9.26. The highest BCUT2D eigenvalue weighted by molar-refractivity contribution is 5.94. The maximum atomic E-state index is 12.9. The summed E-state index contributed by atoms with van der Waals surface area (Å²) < 4.78 is 38.7. The molecule has 1 saturated heterocycles. The predicted molar refractivity (Wildman–Crippen MR) is 102 cm³/mol. The largest absolute Gasteiger partial charge is 0.416 e. The van der Waals surface area contributed by atoms with Crippen LogP contribution in [0.25, 0.3) is 0 Å². The molecule has 0 saturated carbocycles. The normalized spacial score (nSPS) is 16.5. The number of carbonyl (C=O) groups excluding carboxylic acids is 1. The SMILES string of the molecule is O=C(c1cccnc1)N1CCCC1c1ccnc(Nc2cc(C(F)(F)F)ccn2)n1. The Morgan fingerprint density at radius 3 is 2.73 bits per heavy atom. The van der Waals surface area contributed by atoms with Crippen molar-refractivity contribution < 1.29 is 18.0 Å². The average Bonchev–Trinajstić information content (AvgIpc) is 3.24. The number of halogens is 3. The molecule has 4 heterocycles. The summed E-state index contributed by atoms with van der Waals surface area (Å²) in [7, 11) is 0. The zero-order valence-electron chi connectivity index (χ0n) is 15.7. The van der Waals surface area contributed by atoms with Gasteiger partial charge >= 0.3 is 6.18 Å². The summed E-state index contributed by atoms with van der Waals surface area (Å²) in [6, 6.07) is 6.64. The molecule has 7 nitrogen and oxygen atoms in total. The van der Waals surface area contributed by atoms with Gasteiger partial charge in [0.2, 0.25) is 5.95 Å². The minimum atomic E-state index is -4.47. The molecule has 0 radical (unpaired) electrons. The van der Waals surface area contributed by atoms with Gasteiger partial charge in [0.1, 0.15) is 5.82 Å². The van der Waals surface area contributed by atoms with E-state index in [1.165, 1.54) is 12.4 Å². The van der Waals surface area contributed by atoms with Crippen LogP contribution < -0.4 is 5.32 Å². The lowest BCUT2D eigenvalue weighted by molar-refractivity contribution is -0.137. The second kappa shape index (κ2) is 8.05. The maximum Gasteiger partial charge on any atom is 0.416 e. The van der Waals surface area contributed by atoms with Gasteiger partial charge in [0.15, 0.2) is 0 Å². The summed E-state index contributed by atoms with van der Waals surface area (Å²) in [6.45, 7) is 0.584. The fourth-order valence-electron chi connectivity index (χ4n) is 3.38. The fraction of sp³-hybridized carbons (Fsp3) is 0.250. The second-order valence-electron chi connectivity index (χ2n) is 6.76. The number of nitrogens with one attached hydrogen (secondary N) is 1. The number of likely N-dealkylation sites (tertiary alicyclic amines) is 1. The predicted octanol–water partition coefficient (Wildman–Crippen LogP) is 4.01. The number of hydrogen-bond donors (Lipinski definition) is 1. The molecule has 1 unspecified atom stereocenters. The van der Waals surface area contributed by atoms with Crippen molar-refractivity contribution in [2.45, 2.75) is 25.1 Å². The van der Waals surface area contributed by atoms with Crippen LogP contribution in [0.3, 0.4) is 0 Å². The van der Waals surface area contributed by atoms with Gasteiger partial charge < -0.3 is 10.2 Å². The molecular formula is C20H17F3N6O. The summed E-state index contributed by atoms with van der Waals surface area (Å²) in [4.78, 5) is 30.9. The standard InChI is InChI=1S/C20H17F3N6O/c21-20(22,23)14-5-8-25-17(11-14)28-19-26-9-6-15(27-19)16-4-2-10-29(16)18(30)13-3-1-7-24-12-13/h1,3,5-9,11-12,16H,2,4,10H2,(H,25,26,27,28). The number of rotatable bonds is 4. The van der Waals surface area contributed by atoms with E-state index in [4.69, 9.17) is 0 Å². The van der Waals surface area contributed by atoms with Crippen LogP contribution in [0.2, 0.25) is 0 Å². The first-order chi connectivity index (χ1) is 14.4. The second-order valence-corrected chi connectivity index (χ2v) is 6.76. The molecule has 1 amide bonds. The zero-order valence-corrected chi connectivity index (χ0v) is 15.7. The van der Waals surface area contributed by atoms with E-state index in [1.54, 1.807) is 29.3 Å². The van der Waals surface area contributed by atoms with Crippen molar-refractivity contribution in [1.29, 1.82) is 0 Å². The molecule has 4 rings (SSSR count). The molecular weight excluding hydrogens is 397 g/mol. The quantitative estimate of drug-likeness (QED) is 0.695. The van der Waals surface area contributed by atoms with Crippen molar-refractivity contribution in [1.82, 2.24) is 24.8 Å². The molecule has 1 fully saturated rings. The highest BCUT2D eigenvalue weighted by Crippen LogP contribution is 2.33. The van der Waals surface area contributed by atoms with Gasteiger partial charge in [0.25, 0.3) is 5.91 Å². The smallest absolute Gasteiger partial charge is 0.330 e. The van der Waals surface area contributed by atoms with Crippen LogP contribution in [0.1, 0.15) is 40.5 Å². The monoisotopic (exact) mass is 414 g/mol. The van der Waals surface area contributed by atoms with Gasteiger partial charge in [-0.2, -0.15) is 13.2 Å². The lowest BCUT2D eigenvalue weighted by Gasteiger charge is -2.24. The minimum Gasteiger partial charge on any atom is -0.330 e. The highest BCUT2D eigenvalue weighted by atomic mass is 19.4. The summed E-state index contributed by atoms with van der Waals surface area (Å²) in [5, 5.41) is 2.71.